The number of aromatic nitrogens is 2. The summed E-state index contributed by atoms with van der Waals surface area (Å²) in [7, 11) is 0. The summed E-state index contributed by atoms with van der Waals surface area (Å²) in [5.74, 6) is -0.484. The van der Waals surface area contributed by atoms with Gasteiger partial charge in [0.1, 0.15) is 0 Å². The smallest absolute Gasteiger partial charge is 0.231 e. The van der Waals surface area contributed by atoms with Crippen molar-refractivity contribution in [2.45, 2.75) is 12.8 Å². The van der Waals surface area contributed by atoms with Gasteiger partial charge in [0.15, 0.2) is 11.6 Å². The molecule has 6 heteroatoms. The number of aromatic hydroxyl groups is 1. The third-order valence-electron chi connectivity index (χ3n) is 2.42. The van der Waals surface area contributed by atoms with Gasteiger partial charge in [-0.2, -0.15) is 4.98 Å². The van der Waals surface area contributed by atoms with Crippen LogP contribution in [0.2, 0.25) is 0 Å². The van der Waals surface area contributed by atoms with Gasteiger partial charge in [0.25, 0.3) is 0 Å². The van der Waals surface area contributed by atoms with Crippen LogP contribution in [0.4, 0.5) is 4.39 Å². The number of phenols is 1. The highest BCUT2D eigenvalue weighted by Gasteiger charge is 2.14. The van der Waals surface area contributed by atoms with E-state index in [2.05, 4.69) is 10.1 Å². The standard InChI is InChI=1S/C11H12FN3O2/c1-6(5-13)11-14-10(15-17-11)7-2-3-9(16)8(12)4-7/h2-4,6,16H,5,13H2,1H3. The summed E-state index contributed by atoms with van der Waals surface area (Å²) in [6.07, 6.45) is 0. The van der Waals surface area contributed by atoms with E-state index in [1.54, 1.807) is 0 Å². The van der Waals surface area contributed by atoms with Crippen LogP contribution in [0.3, 0.4) is 0 Å². The van der Waals surface area contributed by atoms with Gasteiger partial charge >= 0.3 is 0 Å². The number of rotatable bonds is 3. The molecule has 3 N–H and O–H groups in total. The van der Waals surface area contributed by atoms with Gasteiger partial charge in [0.2, 0.25) is 11.7 Å². The zero-order valence-electron chi connectivity index (χ0n) is 9.22. The Morgan fingerprint density at radius 1 is 1.53 bits per heavy atom. The highest BCUT2D eigenvalue weighted by atomic mass is 19.1. The first-order chi connectivity index (χ1) is 8.11. The fourth-order valence-corrected chi connectivity index (χ4v) is 1.30. The Balaban J connectivity index is 2.33. The lowest BCUT2D eigenvalue weighted by atomic mass is 10.2. The van der Waals surface area contributed by atoms with E-state index in [-0.39, 0.29) is 11.7 Å². The van der Waals surface area contributed by atoms with Crippen LogP contribution < -0.4 is 5.73 Å². The number of nitrogens with zero attached hydrogens (tertiary/aromatic N) is 2. The Hall–Kier alpha value is -1.95. The van der Waals surface area contributed by atoms with Gasteiger partial charge in [-0.3, -0.25) is 0 Å². The van der Waals surface area contributed by atoms with Crippen molar-refractivity contribution in [2.24, 2.45) is 5.73 Å². The predicted molar refractivity (Wildman–Crippen MR) is 58.8 cm³/mol. The van der Waals surface area contributed by atoms with Crippen molar-refractivity contribution in [3.8, 4) is 17.1 Å². The van der Waals surface area contributed by atoms with Crippen LogP contribution in [0.25, 0.3) is 11.4 Å². The molecule has 17 heavy (non-hydrogen) atoms. The molecule has 0 bridgehead atoms. The van der Waals surface area contributed by atoms with Crippen molar-refractivity contribution < 1.29 is 14.0 Å². The van der Waals surface area contributed by atoms with E-state index in [1.165, 1.54) is 12.1 Å². The molecule has 1 heterocycles. The van der Waals surface area contributed by atoms with Crippen LogP contribution in [0, 0.1) is 5.82 Å². The number of hydrogen-bond donors (Lipinski definition) is 2. The van der Waals surface area contributed by atoms with Crippen LogP contribution in [0.15, 0.2) is 22.7 Å². The molecule has 0 spiro atoms. The largest absolute Gasteiger partial charge is 0.505 e. The topological polar surface area (TPSA) is 85.2 Å². The lowest BCUT2D eigenvalue weighted by Crippen LogP contribution is -2.08. The molecule has 0 saturated carbocycles. The summed E-state index contributed by atoms with van der Waals surface area (Å²) in [4.78, 5) is 4.12. The van der Waals surface area contributed by atoms with Crippen molar-refractivity contribution >= 4 is 0 Å². The molecule has 0 fully saturated rings. The van der Waals surface area contributed by atoms with Crippen molar-refractivity contribution in [3.63, 3.8) is 0 Å². The minimum Gasteiger partial charge on any atom is -0.505 e. The minimum absolute atomic E-state index is 0.0433. The van der Waals surface area contributed by atoms with Crippen LogP contribution in [0.5, 0.6) is 5.75 Å². The number of nitrogens with two attached hydrogens (primary N) is 1. The highest BCUT2D eigenvalue weighted by Crippen LogP contribution is 2.23. The third-order valence-corrected chi connectivity index (χ3v) is 2.42. The van der Waals surface area contributed by atoms with E-state index in [0.717, 1.165) is 6.07 Å². The molecular weight excluding hydrogens is 225 g/mol. The zero-order chi connectivity index (χ0) is 12.4. The zero-order valence-corrected chi connectivity index (χ0v) is 9.22. The van der Waals surface area contributed by atoms with E-state index in [4.69, 9.17) is 15.4 Å². The highest BCUT2D eigenvalue weighted by molar-refractivity contribution is 5.55. The molecule has 0 aliphatic heterocycles. The average molecular weight is 237 g/mol. The molecule has 0 aliphatic rings. The van der Waals surface area contributed by atoms with Crippen molar-refractivity contribution in [3.05, 3.63) is 29.9 Å². The second-order valence-electron chi connectivity index (χ2n) is 3.76. The third kappa shape index (κ3) is 2.26. The Kier molecular flexibility index (Phi) is 3.06. The molecule has 2 aromatic rings. The van der Waals surface area contributed by atoms with Crippen molar-refractivity contribution in [1.82, 2.24) is 10.1 Å². The van der Waals surface area contributed by atoms with E-state index >= 15 is 0 Å². The normalized spacial score (nSPS) is 12.6. The van der Waals surface area contributed by atoms with Gasteiger partial charge in [-0.05, 0) is 18.2 Å². The monoisotopic (exact) mass is 237 g/mol. The Morgan fingerprint density at radius 3 is 2.94 bits per heavy atom. The summed E-state index contributed by atoms with van der Waals surface area (Å²) in [5.41, 5.74) is 5.92. The maximum absolute atomic E-state index is 13.1. The Morgan fingerprint density at radius 2 is 2.29 bits per heavy atom. The summed E-state index contributed by atoms with van der Waals surface area (Å²) in [6.45, 7) is 2.25. The van der Waals surface area contributed by atoms with Crippen LogP contribution in [0.1, 0.15) is 18.7 Å². The maximum Gasteiger partial charge on any atom is 0.231 e. The molecule has 0 aliphatic carbocycles. The summed E-state index contributed by atoms with van der Waals surface area (Å²) in [6, 6.07) is 3.91. The first-order valence-corrected chi connectivity index (χ1v) is 5.14. The van der Waals surface area contributed by atoms with Gasteiger partial charge in [0.05, 0.1) is 0 Å². The first kappa shape index (κ1) is 11.5. The van der Waals surface area contributed by atoms with E-state index in [9.17, 15) is 4.39 Å². The van der Waals surface area contributed by atoms with Crippen LogP contribution in [-0.2, 0) is 0 Å². The number of benzene rings is 1. The predicted octanol–water partition coefficient (Wildman–Crippen LogP) is 1.64. The molecule has 90 valence electrons. The molecule has 0 radical (unpaired) electrons. The first-order valence-electron chi connectivity index (χ1n) is 5.14. The molecule has 0 amide bonds. The molecule has 0 saturated heterocycles. The Bertz CT molecular complexity index is 527. The maximum atomic E-state index is 13.1. The van der Waals surface area contributed by atoms with Crippen LogP contribution in [-0.4, -0.2) is 21.8 Å². The molecule has 5 nitrogen and oxygen atoms in total. The van der Waals surface area contributed by atoms with Gasteiger partial charge < -0.3 is 15.4 Å². The van der Waals surface area contributed by atoms with Gasteiger partial charge in [-0.15, -0.1) is 0 Å². The quantitative estimate of drug-likeness (QED) is 0.847. The lowest BCUT2D eigenvalue weighted by molar-refractivity contribution is 0.361. The second kappa shape index (κ2) is 4.50. The molecule has 1 atom stereocenters. The molecular formula is C11H12FN3O2. The van der Waals surface area contributed by atoms with Crippen molar-refractivity contribution in [1.29, 1.82) is 0 Å². The molecule has 2 rings (SSSR count). The molecule has 1 unspecified atom stereocenters. The van der Waals surface area contributed by atoms with Gasteiger partial charge in [0, 0.05) is 18.0 Å². The van der Waals surface area contributed by atoms with E-state index in [1.807, 2.05) is 6.92 Å². The number of halogens is 1. The van der Waals surface area contributed by atoms with E-state index < -0.39 is 11.6 Å². The average Bonchev–Trinajstić information content (AvgIpc) is 2.81. The number of hydrogen-bond acceptors (Lipinski definition) is 5. The summed E-state index contributed by atoms with van der Waals surface area (Å²) < 4.78 is 18.2. The minimum atomic E-state index is -0.722. The Labute approximate surface area is 97.1 Å². The van der Waals surface area contributed by atoms with Crippen molar-refractivity contribution in [2.75, 3.05) is 6.54 Å². The fraction of sp³-hybridized carbons (Fsp3) is 0.273. The molecule has 1 aromatic carbocycles. The van der Waals surface area contributed by atoms with Crippen LogP contribution >= 0.6 is 0 Å². The van der Waals surface area contributed by atoms with Gasteiger partial charge in [-0.25, -0.2) is 4.39 Å². The van der Waals surface area contributed by atoms with E-state index in [0.29, 0.717) is 18.0 Å². The summed E-state index contributed by atoms with van der Waals surface area (Å²) >= 11 is 0. The summed E-state index contributed by atoms with van der Waals surface area (Å²) in [5, 5.41) is 12.8. The molecule has 1 aromatic heterocycles. The lowest BCUT2D eigenvalue weighted by Gasteiger charge is -1.99. The second-order valence-corrected chi connectivity index (χ2v) is 3.76. The van der Waals surface area contributed by atoms with Gasteiger partial charge in [-0.1, -0.05) is 12.1 Å². The number of phenolic OH excluding ortho intramolecular Hbond substituents is 1. The fourth-order valence-electron chi connectivity index (χ4n) is 1.30. The SMILES string of the molecule is CC(CN)c1nc(-c2ccc(O)c(F)c2)no1.